The normalized spacial score (nSPS) is 14.9. The van der Waals surface area contributed by atoms with Gasteiger partial charge in [0.25, 0.3) is 0 Å². The zero-order chi connectivity index (χ0) is 11.4. The highest BCUT2D eigenvalue weighted by atomic mass is 32.1. The molecule has 2 unspecified atom stereocenters. The number of rotatable bonds is 4. The van der Waals surface area contributed by atoms with E-state index in [4.69, 9.17) is 5.73 Å². The van der Waals surface area contributed by atoms with Crippen molar-refractivity contribution < 1.29 is 10.2 Å². The van der Waals surface area contributed by atoms with Crippen molar-refractivity contribution in [2.75, 3.05) is 11.5 Å². The first-order valence-electron chi connectivity index (χ1n) is 4.75. The molecule has 4 nitrogen and oxygen atoms in total. The number of pyridine rings is 1. The Labute approximate surface area is 94.6 Å². The number of nitrogens with two attached hydrogens (primary N) is 1. The van der Waals surface area contributed by atoms with E-state index in [0.29, 0.717) is 23.7 Å². The summed E-state index contributed by atoms with van der Waals surface area (Å²) in [6, 6.07) is 3.42. The molecule has 0 amide bonds. The van der Waals surface area contributed by atoms with Gasteiger partial charge < -0.3 is 15.9 Å². The summed E-state index contributed by atoms with van der Waals surface area (Å²) in [5, 5.41) is 19.3. The van der Waals surface area contributed by atoms with Gasteiger partial charge in [-0.05, 0) is 36.8 Å². The highest BCUT2D eigenvalue weighted by molar-refractivity contribution is 7.80. The molecule has 0 saturated heterocycles. The van der Waals surface area contributed by atoms with Crippen LogP contribution in [0.2, 0.25) is 0 Å². The summed E-state index contributed by atoms with van der Waals surface area (Å²) in [5.74, 6) is 0.863. The molecule has 0 aliphatic carbocycles. The summed E-state index contributed by atoms with van der Waals surface area (Å²) in [7, 11) is 0. The largest absolute Gasteiger partial charge is 0.390 e. The maximum Gasteiger partial charge on any atom is 0.123 e. The van der Waals surface area contributed by atoms with Crippen LogP contribution < -0.4 is 5.73 Å². The minimum absolute atomic E-state index is 0.349. The van der Waals surface area contributed by atoms with Crippen molar-refractivity contribution >= 4 is 18.4 Å². The Hall–Kier alpha value is -0.780. The van der Waals surface area contributed by atoms with Gasteiger partial charge in [-0.3, -0.25) is 0 Å². The molecule has 2 atom stereocenters. The van der Waals surface area contributed by atoms with E-state index in [1.807, 2.05) is 6.92 Å². The second-order valence-corrected chi connectivity index (χ2v) is 3.97. The second-order valence-electron chi connectivity index (χ2n) is 3.52. The second kappa shape index (κ2) is 5.34. The van der Waals surface area contributed by atoms with E-state index in [9.17, 15) is 10.2 Å². The van der Waals surface area contributed by atoms with Crippen molar-refractivity contribution in [1.82, 2.24) is 4.98 Å². The van der Waals surface area contributed by atoms with E-state index in [1.165, 1.54) is 0 Å². The molecule has 5 heteroatoms. The van der Waals surface area contributed by atoms with Crippen LogP contribution in [-0.4, -0.2) is 27.1 Å². The van der Waals surface area contributed by atoms with Gasteiger partial charge in [-0.15, -0.1) is 0 Å². The van der Waals surface area contributed by atoms with Crippen LogP contribution in [-0.2, 0) is 0 Å². The average molecular weight is 228 g/mol. The first kappa shape index (κ1) is 12.3. The number of aliphatic hydroxyl groups is 2. The Balaban J connectivity index is 2.85. The van der Waals surface area contributed by atoms with Crippen LogP contribution in [0, 0.1) is 6.92 Å². The predicted molar refractivity (Wildman–Crippen MR) is 62.8 cm³/mol. The van der Waals surface area contributed by atoms with Gasteiger partial charge in [0.1, 0.15) is 11.9 Å². The maximum atomic E-state index is 9.77. The van der Waals surface area contributed by atoms with E-state index in [2.05, 4.69) is 17.6 Å². The third-order valence-corrected chi connectivity index (χ3v) is 2.36. The minimum atomic E-state index is -1.00. The number of hydrogen-bond acceptors (Lipinski definition) is 5. The molecule has 0 aliphatic heterocycles. The smallest absolute Gasteiger partial charge is 0.123 e. The average Bonchev–Trinajstić information content (AvgIpc) is 2.15. The highest BCUT2D eigenvalue weighted by Crippen LogP contribution is 2.19. The lowest BCUT2D eigenvalue weighted by Gasteiger charge is -2.17. The quantitative estimate of drug-likeness (QED) is 0.572. The summed E-state index contributed by atoms with van der Waals surface area (Å²) < 4.78 is 0. The fourth-order valence-electron chi connectivity index (χ4n) is 1.36. The molecule has 0 radical (unpaired) electrons. The van der Waals surface area contributed by atoms with E-state index in [-0.39, 0.29) is 0 Å². The number of thiol groups is 1. The molecule has 4 N–H and O–H groups in total. The number of anilines is 1. The molecular formula is C10H16N2O2S. The SMILES string of the molecule is Cc1cc(N)nc(C(O)C(O)CCS)c1. The fourth-order valence-corrected chi connectivity index (χ4v) is 1.63. The number of hydrogen-bond donors (Lipinski definition) is 4. The topological polar surface area (TPSA) is 79.4 Å². The molecule has 0 fully saturated rings. The van der Waals surface area contributed by atoms with Gasteiger partial charge in [0, 0.05) is 0 Å². The Morgan fingerprint density at radius 3 is 2.67 bits per heavy atom. The van der Waals surface area contributed by atoms with E-state index < -0.39 is 12.2 Å². The molecule has 0 aromatic carbocycles. The zero-order valence-corrected chi connectivity index (χ0v) is 9.48. The summed E-state index contributed by atoms with van der Waals surface area (Å²) >= 11 is 3.99. The van der Waals surface area contributed by atoms with Crippen molar-refractivity contribution in [1.29, 1.82) is 0 Å². The number of aromatic nitrogens is 1. The molecule has 1 aromatic heterocycles. The van der Waals surface area contributed by atoms with Gasteiger partial charge in [0.05, 0.1) is 11.8 Å². The summed E-state index contributed by atoms with van der Waals surface area (Å²) in [4.78, 5) is 3.98. The zero-order valence-electron chi connectivity index (χ0n) is 8.59. The van der Waals surface area contributed by atoms with E-state index >= 15 is 0 Å². The molecule has 0 saturated carbocycles. The van der Waals surface area contributed by atoms with Gasteiger partial charge in [-0.1, -0.05) is 0 Å². The third kappa shape index (κ3) is 3.37. The number of nitrogens with zero attached hydrogens (tertiary/aromatic N) is 1. The molecule has 1 rings (SSSR count). The molecule has 15 heavy (non-hydrogen) atoms. The van der Waals surface area contributed by atoms with Gasteiger partial charge in [-0.2, -0.15) is 12.6 Å². The molecule has 84 valence electrons. The van der Waals surface area contributed by atoms with E-state index in [1.54, 1.807) is 12.1 Å². The number of aliphatic hydroxyl groups excluding tert-OH is 2. The molecule has 0 bridgehead atoms. The van der Waals surface area contributed by atoms with Gasteiger partial charge in [-0.25, -0.2) is 4.98 Å². The fraction of sp³-hybridized carbons (Fsp3) is 0.500. The van der Waals surface area contributed by atoms with Crippen molar-refractivity contribution in [2.24, 2.45) is 0 Å². The summed E-state index contributed by atoms with van der Waals surface area (Å²) in [6.07, 6.45) is -1.43. The van der Waals surface area contributed by atoms with Crippen molar-refractivity contribution in [3.63, 3.8) is 0 Å². The lowest BCUT2D eigenvalue weighted by atomic mass is 10.1. The lowest BCUT2D eigenvalue weighted by molar-refractivity contribution is 0.0147. The first-order chi connectivity index (χ1) is 7.04. The lowest BCUT2D eigenvalue weighted by Crippen LogP contribution is -2.20. The van der Waals surface area contributed by atoms with Crippen LogP contribution in [0.15, 0.2) is 12.1 Å². The molecule has 0 aliphatic rings. The first-order valence-corrected chi connectivity index (χ1v) is 5.39. The van der Waals surface area contributed by atoms with Crippen LogP contribution in [0.1, 0.15) is 23.8 Å². The van der Waals surface area contributed by atoms with Crippen molar-refractivity contribution in [3.8, 4) is 0 Å². The van der Waals surface area contributed by atoms with Crippen molar-refractivity contribution in [2.45, 2.75) is 25.6 Å². The van der Waals surface area contributed by atoms with Crippen LogP contribution >= 0.6 is 12.6 Å². The number of nitrogen functional groups attached to an aromatic ring is 1. The Morgan fingerprint density at radius 1 is 1.47 bits per heavy atom. The standard InChI is InChI=1S/C10H16N2O2S/c1-6-4-7(12-9(11)5-6)10(14)8(13)2-3-15/h4-5,8,10,13-15H,2-3H2,1H3,(H2,11,12). The van der Waals surface area contributed by atoms with Crippen LogP contribution in [0.3, 0.4) is 0 Å². The summed E-state index contributed by atoms with van der Waals surface area (Å²) in [6.45, 7) is 1.86. The third-order valence-electron chi connectivity index (χ3n) is 2.10. The molecule has 0 spiro atoms. The van der Waals surface area contributed by atoms with Gasteiger partial charge in [0.2, 0.25) is 0 Å². The van der Waals surface area contributed by atoms with Crippen molar-refractivity contribution in [3.05, 3.63) is 23.4 Å². The van der Waals surface area contributed by atoms with Crippen LogP contribution in [0.5, 0.6) is 0 Å². The maximum absolute atomic E-state index is 9.77. The van der Waals surface area contributed by atoms with E-state index in [0.717, 1.165) is 5.56 Å². The Morgan fingerprint density at radius 2 is 2.13 bits per heavy atom. The van der Waals surface area contributed by atoms with Crippen LogP contribution in [0.25, 0.3) is 0 Å². The molecule has 1 aromatic rings. The van der Waals surface area contributed by atoms with Crippen LogP contribution in [0.4, 0.5) is 5.82 Å². The molecular weight excluding hydrogens is 212 g/mol. The highest BCUT2D eigenvalue weighted by Gasteiger charge is 2.19. The minimum Gasteiger partial charge on any atom is -0.390 e. The monoisotopic (exact) mass is 228 g/mol. The predicted octanol–water partition coefficient (Wildman–Crippen LogP) is 0.686. The van der Waals surface area contributed by atoms with Gasteiger partial charge >= 0.3 is 0 Å². The summed E-state index contributed by atoms with van der Waals surface area (Å²) in [5.41, 5.74) is 6.87. The number of aryl methyl sites for hydroxylation is 1. The molecule has 1 heterocycles. The Kier molecular flexibility index (Phi) is 4.38. The Bertz CT molecular complexity index is 313. The van der Waals surface area contributed by atoms with Gasteiger partial charge in [0.15, 0.2) is 0 Å².